The maximum absolute atomic E-state index is 11.2. The van der Waals surface area contributed by atoms with Crippen LogP contribution in [0.5, 0.6) is 0 Å². The number of hydrogen-bond donors (Lipinski definition) is 2. The number of aliphatic hydroxyl groups excluding tert-OH is 2. The van der Waals surface area contributed by atoms with Crippen molar-refractivity contribution in [2.75, 3.05) is 0 Å². The van der Waals surface area contributed by atoms with Gasteiger partial charge >= 0.3 is 0 Å². The number of halogens is 1. The number of aromatic nitrogens is 1. The zero-order valence-corrected chi connectivity index (χ0v) is 18.2. The molecule has 0 fully saturated rings. The van der Waals surface area contributed by atoms with Crippen LogP contribution in [0, 0.1) is 0 Å². The van der Waals surface area contributed by atoms with Crippen molar-refractivity contribution in [2.24, 2.45) is 0 Å². The predicted octanol–water partition coefficient (Wildman–Crippen LogP) is 6.88. The first-order valence-corrected chi connectivity index (χ1v) is 10.7. The minimum absolute atomic E-state index is 0.0934. The van der Waals surface area contributed by atoms with Crippen molar-refractivity contribution in [3.05, 3.63) is 106 Å². The second-order valence-corrected chi connectivity index (χ2v) is 8.00. The molecular weight excluding hydrogens is 394 g/mol. The first-order chi connectivity index (χ1) is 14.5. The van der Waals surface area contributed by atoms with Gasteiger partial charge in [-0.3, -0.25) is 4.98 Å². The van der Waals surface area contributed by atoms with Crippen LogP contribution >= 0.6 is 11.6 Å². The number of aryl methyl sites for hydroxylation is 1. The molecule has 0 saturated carbocycles. The van der Waals surface area contributed by atoms with Crippen molar-refractivity contribution in [2.45, 2.75) is 45.1 Å². The molecule has 1 heterocycles. The van der Waals surface area contributed by atoms with Crippen LogP contribution in [0.25, 0.3) is 5.76 Å². The van der Waals surface area contributed by atoms with Crippen molar-refractivity contribution in [3.63, 3.8) is 0 Å². The average molecular weight is 422 g/mol. The summed E-state index contributed by atoms with van der Waals surface area (Å²) in [6, 6.07) is 19.0. The third-order valence-corrected chi connectivity index (χ3v) is 5.70. The smallest absolute Gasteiger partial charge is 0.125 e. The van der Waals surface area contributed by atoms with Gasteiger partial charge in [-0.2, -0.15) is 0 Å². The van der Waals surface area contributed by atoms with Crippen LogP contribution in [0.1, 0.15) is 61.0 Å². The number of pyridine rings is 1. The number of rotatable bonds is 8. The highest BCUT2D eigenvalue weighted by Gasteiger charge is 2.25. The molecule has 0 saturated heterocycles. The summed E-state index contributed by atoms with van der Waals surface area (Å²) in [5, 5.41) is 23.1. The van der Waals surface area contributed by atoms with Crippen LogP contribution in [0.15, 0.2) is 78.6 Å². The summed E-state index contributed by atoms with van der Waals surface area (Å²) in [6.45, 7) is 4.15. The van der Waals surface area contributed by atoms with Crippen LogP contribution < -0.4 is 0 Å². The Kier molecular flexibility index (Phi) is 7.67. The van der Waals surface area contributed by atoms with E-state index >= 15 is 0 Å². The summed E-state index contributed by atoms with van der Waals surface area (Å²) >= 11 is 6.04. The average Bonchev–Trinajstić information content (AvgIpc) is 2.79. The molecule has 0 aliphatic rings. The minimum atomic E-state index is -0.982. The number of aliphatic hydroxyl groups is 2. The van der Waals surface area contributed by atoms with E-state index in [0.29, 0.717) is 21.7 Å². The van der Waals surface area contributed by atoms with Gasteiger partial charge in [-0.15, -0.1) is 0 Å². The summed E-state index contributed by atoms with van der Waals surface area (Å²) < 4.78 is 0. The number of unbranched alkanes of at least 4 members (excludes halogenated alkanes) is 1. The van der Waals surface area contributed by atoms with E-state index < -0.39 is 6.10 Å². The summed E-state index contributed by atoms with van der Waals surface area (Å²) in [6.07, 6.45) is 5.61. The molecule has 3 aromatic rings. The molecule has 0 bridgehead atoms. The molecule has 2 atom stereocenters. The fourth-order valence-corrected chi connectivity index (χ4v) is 3.72. The monoisotopic (exact) mass is 421 g/mol. The van der Waals surface area contributed by atoms with Gasteiger partial charge in [0.05, 0.1) is 0 Å². The van der Waals surface area contributed by atoms with E-state index in [0.717, 1.165) is 24.8 Å². The van der Waals surface area contributed by atoms with Gasteiger partial charge in [0.25, 0.3) is 0 Å². The lowest BCUT2D eigenvalue weighted by molar-refractivity contribution is 0.205. The van der Waals surface area contributed by atoms with E-state index in [1.165, 1.54) is 5.56 Å². The van der Waals surface area contributed by atoms with Crippen LogP contribution in [-0.2, 0) is 6.42 Å². The fraction of sp³-hybridized carbons (Fsp3) is 0.269. The molecule has 0 spiro atoms. The second kappa shape index (κ2) is 10.4. The lowest BCUT2D eigenvalue weighted by Gasteiger charge is -2.24. The Hall–Kier alpha value is -2.62. The van der Waals surface area contributed by atoms with Gasteiger partial charge in [-0.05, 0) is 42.2 Å². The Morgan fingerprint density at radius 3 is 2.30 bits per heavy atom. The van der Waals surface area contributed by atoms with Gasteiger partial charge in [0.2, 0.25) is 0 Å². The number of benzene rings is 2. The molecule has 0 aliphatic carbocycles. The van der Waals surface area contributed by atoms with Crippen molar-refractivity contribution >= 4 is 17.4 Å². The number of nitrogens with zero attached hydrogens (tertiary/aromatic N) is 1. The molecule has 0 aliphatic heterocycles. The van der Waals surface area contributed by atoms with Crippen LogP contribution in [-0.4, -0.2) is 15.2 Å². The molecule has 2 unspecified atom stereocenters. The lowest BCUT2D eigenvalue weighted by atomic mass is 9.85. The Morgan fingerprint density at radius 2 is 1.70 bits per heavy atom. The SMILES string of the molecule is CCCCc1ccc(/C(O)=C(/C(C)c2ccc(Cl)cc2)C(O)c2cccnc2)cc1. The molecule has 156 valence electrons. The van der Waals surface area contributed by atoms with Gasteiger partial charge in [0.1, 0.15) is 11.9 Å². The Labute approximate surface area is 183 Å². The highest BCUT2D eigenvalue weighted by atomic mass is 35.5. The summed E-state index contributed by atoms with van der Waals surface area (Å²) in [4.78, 5) is 4.12. The molecular formula is C26H28ClNO2. The zero-order valence-electron chi connectivity index (χ0n) is 17.4. The molecule has 1 aromatic heterocycles. The summed E-state index contributed by atoms with van der Waals surface area (Å²) in [5.41, 5.74) is 4.07. The molecule has 2 aromatic carbocycles. The highest BCUT2D eigenvalue weighted by molar-refractivity contribution is 6.30. The molecule has 0 amide bonds. The van der Waals surface area contributed by atoms with Crippen LogP contribution in [0.3, 0.4) is 0 Å². The first kappa shape index (κ1) is 22.1. The largest absolute Gasteiger partial charge is 0.507 e. The van der Waals surface area contributed by atoms with Gasteiger partial charge in [0.15, 0.2) is 0 Å². The maximum atomic E-state index is 11.2. The van der Waals surface area contributed by atoms with Crippen LogP contribution in [0.2, 0.25) is 5.02 Å². The molecule has 2 N–H and O–H groups in total. The van der Waals surface area contributed by atoms with Crippen molar-refractivity contribution in [3.8, 4) is 0 Å². The topological polar surface area (TPSA) is 53.4 Å². The van der Waals surface area contributed by atoms with Gasteiger partial charge < -0.3 is 10.2 Å². The molecule has 3 rings (SSSR count). The Morgan fingerprint density at radius 1 is 1.00 bits per heavy atom. The minimum Gasteiger partial charge on any atom is -0.507 e. The van der Waals surface area contributed by atoms with E-state index in [9.17, 15) is 10.2 Å². The van der Waals surface area contributed by atoms with Crippen molar-refractivity contribution in [1.82, 2.24) is 4.98 Å². The molecule has 30 heavy (non-hydrogen) atoms. The van der Waals surface area contributed by atoms with E-state index in [4.69, 9.17) is 11.6 Å². The lowest BCUT2D eigenvalue weighted by Crippen LogP contribution is -2.12. The van der Waals surface area contributed by atoms with Crippen molar-refractivity contribution in [1.29, 1.82) is 0 Å². The number of hydrogen-bond acceptors (Lipinski definition) is 3. The predicted molar refractivity (Wildman–Crippen MR) is 124 cm³/mol. The maximum Gasteiger partial charge on any atom is 0.125 e. The van der Waals surface area contributed by atoms with Crippen molar-refractivity contribution < 1.29 is 10.2 Å². The van der Waals surface area contributed by atoms with E-state index in [-0.39, 0.29) is 11.7 Å². The highest BCUT2D eigenvalue weighted by Crippen LogP contribution is 2.38. The normalized spacial score (nSPS) is 14.1. The van der Waals surface area contributed by atoms with Gasteiger partial charge in [-0.1, -0.05) is 74.3 Å². The summed E-state index contributed by atoms with van der Waals surface area (Å²) in [5.74, 6) is -0.131. The third-order valence-electron chi connectivity index (χ3n) is 5.45. The summed E-state index contributed by atoms with van der Waals surface area (Å²) in [7, 11) is 0. The zero-order chi connectivity index (χ0) is 21.5. The molecule has 0 radical (unpaired) electrons. The quantitative estimate of drug-likeness (QED) is 0.389. The molecule has 3 nitrogen and oxygen atoms in total. The van der Waals surface area contributed by atoms with Gasteiger partial charge in [0, 0.05) is 40.0 Å². The fourth-order valence-electron chi connectivity index (χ4n) is 3.60. The van der Waals surface area contributed by atoms with E-state index in [1.54, 1.807) is 18.5 Å². The Bertz CT molecular complexity index is 966. The van der Waals surface area contributed by atoms with E-state index in [1.807, 2.05) is 61.5 Å². The standard InChI is InChI=1S/C26H28ClNO2/c1-3-4-6-19-8-10-21(11-9-19)25(29)24(26(30)22-7-5-16-28-17-22)18(2)20-12-14-23(27)15-13-20/h5,7-18,26,29-30H,3-4,6H2,1-2H3/b25-24+. The van der Waals surface area contributed by atoms with Crippen LogP contribution in [0.4, 0.5) is 0 Å². The Balaban J connectivity index is 2.04. The molecule has 4 heteroatoms. The first-order valence-electron chi connectivity index (χ1n) is 10.4. The third kappa shape index (κ3) is 5.29. The van der Waals surface area contributed by atoms with E-state index in [2.05, 4.69) is 11.9 Å². The van der Waals surface area contributed by atoms with Gasteiger partial charge in [-0.25, -0.2) is 0 Å². The second-order valence-electron chi connectivity index (χ2n) is 7.57.